The van der Waals surface area contributed by atoms with Crippen LogP contribution in [-0.2, 0) is 11.3 Å². The fourth-order valence-corrected chi connectivity index (χ4v) is 4.98. The monoisotopic (exact) mass is 507 g/mol. The second kappa shape index (κ2) is 11.8. The van der Waals surface area contributed by atoms with Gasteiger partial charge in [0.05, 0.1) is 0 Å². The number of hydrogen-bond donors (Lipinski definition) is 2. The van der Waals surface area contributed by atoms with Gasteiger partial charge in [0.2, 0.25) is 0 Å². The number of nitrogens with zero attached hydrogens (tertiary/aromatic N) is 2. The van der Waals surface area contributed by atoms with Crippen molar-refractivity contribution in [2.24, 2.45) is 0 Å². The van der Waals surface area contributed by atoms with Crippen LogP contribution < -0.4 is 5.32 Å². The first-order valence-electron chi connectivity index (χ1n) is 12.5. The predicted molar refractivity (Wildman–Crippen MR) is 147 cm³/mol. The summed E-state index contributed by atoms with van der Waals surface area (Å²) in [5.74, 6) is -0.310. The molecule has 1 aliphatic rings. The molecule has 0 atom stereocenters. The van der Waals surface area contributed by atoms with Crippen LogP contribution in [0.25, 0.3) is 11.4 Å². The van der Waals surface area contributed by atoms with Crippen molar-refractivity contribution in [1.29, 1.82) is 0 Å². The summed E-state index contributed by atoms with van der Waals surface area (Å²) >= 11 is 1.31. The highest BCUT2D eigenvalue weighted by Crippen LogP contribution is 2.34. The van der Waals surface area contributed by atoms with Gasteiger partial charge in [-0.05, 0) is 76.8 Å². The molecule has 6 nitrogen and oxygen atoms in total. The zero-order valence-corrected chi connectivity index (χ0v) is 23.0. The Morgan fingerprint density at radius 3 is 2.47 bits per heavy atom. The zero-order valence-electron chi connectivity index (χ0n) is 22.1. The molecular weight excluding hydrogens is 470 g/mol. The molecule has 1 aliphatic carbocycles. The van der Waals surface area contributed by atoms with E-state index in [-0.39, 0.29) is 5.91 Å². The maximum atomic E-state index is 13.4. The average molecular weight is 508 g/mol. The van der Waals surface area contributed by atoms with Gasteiger partial charge in [0.1, 0.15) is 16.3 Å². The number of carbonyl (C=O) groups excluding carboxylic acids is 1. The van der Waals surface area contributed by atoms with Crippen LogP contribution in [0.1, 0.15) is 76.5 Å². The second-order valence-electron chi connectivity index (χ2n) is 9.81. The van der Waals surface area contributed by atoms with Gasteiger partial charge < -0.3 is 15.0 Å². The van der Waals surface area contributed by atoms with Gasteiger partial charge >= 0.3 is 5.97 Å². The van der Waals surface area contributed by atoms with Gasteiger partial charge in [0.25, 0.3) is 5.91 Å². The molecule has 7 heteroatoms. The summed E-state index contributed by atoms with van der Waals surface area (Å²) < 4.78 is 1.21. The first-order chi connectivity index (χ1) is 17.0. The lowest BCUT2D eigenvalue weighted by atomic mass is 10.1. The lowest BCUT2D eigenvalue weighted by Crippen LogP contribution is -2.26. The van der Waals surface area contributed by atoms with Crippen LogP contribution in [0.4, 0.5) is 0 Å². The molecule has 2 N–H and O–H groups in total. The molecule has 0 saturated carbocycles. The number of imidazole rings is 1. The minimum absolute atomic E-state index is 0.210. The number of nitrogens with one attached hydrogen (secondary N) is 1. The smallest absolute Gasteiger partial charge is 0.319 e. The Bertz CT molecular complexity index is 1220. The molecule has 36 heavy (non-hydrogen) atoms. The standard InChI is InChI=1S/C29H37N3O3S/c1-7-8-9-17-32-21(4)25(27(33)30-24-18-19(2)11-10-12-20(24)3)31-26(32)22-13-15-23(16-14-22)36-29(5,6)28(34)35/h10-11,13-16,18H,7-9,12,17H2,1-6H3,(H,30,33)(H,34,35). The normalized spacial score (nSPS) is 14.0. The number of carboxylic acid groups (broad SMARTS) is 1. The van der Waals surface area contributed by atoms with Gasteiger partial charge in [-0.25, -0.2) is 4.98 Å². The zero-order chi connectivity index (χ0) is 26.5. The van der Waals surface area contributed by atoms with Crippen molar-refractivity contribution in [2.45, 2.75) is 83.4 Å². The summed E-state index contributed by atoms with van der Waals surface area (Å²) in [5.41, 5.74) is 5.19. The number of hydrogen-bond acceptors (Lipinski definition) is 4. The van der Waals surface area contributed by atoms with Crippen molar-refractivity contribution in [2.75, 3.05) is 0 Å². The number of carbonyl (C=O) groups is 2. The SMILES string of the molecule is CCCCCn1c(-c2ccc(SC(C)(C)C(=O)O)cc2)nc(C(=O)NC2=C(C)CC=CC(C)=C2)c1C. The summed E-state index contributed by atoms with van der Waals surface area (Å²) in [5, 5.41) is 12.5. The Kier molecular flexibility index (Phi) is 9.01. The maximum absolute atomic E-state index is 13.4. The minimum Gasteiger partial charge on any atom is -0.480 e. The molecule has 0 aliphatic heterocycles. The Labute approximate surface area is 218 Å². The first-order valence-corrected chi connectivity index (χ1v) is 13.3. The fourth-order valence-electron chi connectivity index (χ4n) is 4.03. The molecule has 0 saturated heterocycles. The van der Waals surface area contributed by atoms with Gasteiger partial charge in [0, 0.05) is 28.4 Å². The van der Waals surface area contributed by atoms with Gasteiger partial charge in [-0.1, -0.05) is 44.1 Å². The number of aromatic nitrogens is 2. The Morgan fingerprint density at radius 2 is 1.83 bits per heavy atom. The topological polar surface area (TPSA) is 84.2 Å². The molecule has 192 valence electrons. The van der Waals surface area contributed by atoms with E-state index in [1.807, 2.05) is 51.1 Å². The number of thioether (sulfide) groups is 1. The van der Waals surface area contributed by atoms with Crippen molar-refractivity contribution >= 4 is 23.6 Å². The second-order valence-corrected chi connectivity index (χ2v) is 11.5. The molecule has 0 radical (unpaired) electrons. The van der Waals surface area contributed by atoms with E-state index in [0.717, 1.165) is 71.0 Å². The third-order valence-electron chi connectivity index (χ3n) is 6.31. The number of benzene rings is 1. The Hall–Kier alpha value is -3.06. The quantitative estimate of drug-likeness (QED) is 0.269. The molecular formula is C29H37N3O3S. The van der Waals surface area contributed by atoms with Gasteiger partial charge in [-0.2, -0.15) is 0 Å². The third-order valence-corrected chi connectivity index (χ3v) is 7.50. The van der Waals surface area contributed by atoms with Gasteiger partial charge in [-0.3, -0.25) is 9.59 Å². The van der Waals surface area contributed by atoms with E-state index in [9.17, 15) is 14.7 Å². The summed E-state index contributed by atoms with van der Waals surface area (Å²) in [4.78, 5) is 30.6. The summed E-state index contributed by atoms with van der Waals surface area (Å²) in [6.07, 6.45) is 10.2. The van der Waals surface area contributed by atoms with Crippen molar-refractivity contribution < 1.29 is 14.7 Å². The number of rotatable bonds is 10. The van der Waals surface area contributed by atoms with Crippen molar-refractivity contribution in [3.8, 4) is 11.4 Å². The van der Waals surface area contributed by atoms with Crippen LogP contribution >= 0.6 is 11.8 Å². The molecule has 1 amide bonds. The van der Waals surface area contributed by atoms with Crippen LogP contribution in [0.5, 0.6) is 0 Å². The number of amides is 1. The number of allylic oxidation sites excluding steroid dienone is 5. The minimum atomic E-state index is -0.922. The van der Waals surface area contributed by atoms with Gasteiger partial charge in [-0.15, -0.1) is 11.8 Å². The average Bonchev–Trinajstić information content (AvgIpc) is 3.05. The maximum Gasteiger partial charge on any atom is 0.319 e. The molecule has 0 spiro atoms. The molecule has 0 bridgehead atoms. The molecule has 1 aromatic carbocycles. The Morgan fingerprint density at radius 1 is 1.14 bits per heavy atom. The van der Waals surface area contributed by atoms with Crippen molar-refractivity contribution in [3.05, 3.63) is 70.7 Å². The molecule has 2 aromatic rings. The molecule has 1 heterocycles. The van der Waals surface area contributed by atoms with E-state index in [1.165, 1.54) is 11.8 Å². The van der Waals surface area contributed by atoms with E-state index >= 15 is 0 Å². The highest BCUT2D eigenvalue weighted by atomic mass is 32.2. The van der Waals surface area contributed by atoms with Crippen LogP contribution in [-0.4, -0.2) is 31.3 Å². The van der Waals surface area contributed by atoms with E-state index < -0.39 is 10.7 Å². The predicted octanol–water partition coefficient (Wildman–Crippen LogP) is 6.91. The number of carboxylic acids is 1. The van der Waals surface area contributed by atoms with Crippen molar-refractivity contribution in [3.63, 3.8) is 0 Å². The number of aliphatic carboxylic acids is 1. The van der Waals surface area contributed by atoms with Crippen LogP contribution in [0, 0.1) is 6.92 Å². The van der Waals surface area contributed by atoms with E-state index in [2.05, 4.69) is 29.0 Å². The van der Waals surface area contributed by atoms with Crippen LogP contribution in [0.2, 0.25) is 0 Å². The van der Waals surface area contributed by atoms with E-state index in [0.29, 0.717) is 5.69 Å². The lowest BCUT2D eigenvalue weighted by Gasteiger charge is -2.18. The van der Waals surface area contributed by atoms with Crippen molar-refractivity contribution in [1.82, 2.24) is 14.9 Å². The highest BCUT2D eigenvalue weighted by molar-refractivity contribution is 8.01. The van der Waals surface area contributed by atoms with Gasteiger partial charge in [0.15, 0.2) is 0 Å². The third kappa shape index (κ3) is 6.58. The highest BCUT2D eigenvalue weighted by Gasteiger charge is 2.28. The molecule has 1 aromatic heterocycles. The molecule has 0 unspecified atom stereocenters. The first kappa shape index (κ1) is 27.5. The Balaban J connectivity index is 1.94. The van der Waals surface area contributed by atoms with E-state index in [1.54, 1.807) is 13.8 Å². The summed E-state index contributed by atoms with van der Waals surface area (Å²) in [6, 6.07) is 7.75. The summed E-state index contributed by atoms with van der Waals surface area (Å²) in [6.45, 7) is 12.3. The van der Waals surface area contributed by atoms with Crippen LogP contribution in [0.3, 0.4) is 0 Å². The summed E-state index contributed by atoms with van der Waals surface area (Å²) in [7, 11) is 0. The lowest BCUT2D eigenvalue weighted by molar-refractivity contribution is -0.138. The molecule has 3 rings (SSSR count). The fraction of sp³-hybridized carbons (Fsp3) is 0.414. The number of unbranched alkanes of at least 4 members (excludes halogenated alkanes) is 2. The van der Waals surface area contributed by atoms with E-state index in [4.69, 9.17) is 4.98 Å². The van der Waals surface area contributed by atoms with Crippen LogP contribution in [0.15, 0.2) is 64.2 Å². The molecule has 0 fully saturated rings. The largest absolute Gasteiger partial charge is 0.480 e.